The van der Waals surface area contributed by atoms with E-state index in [4.69, 9.17) is 5.11 Å². The minimum absolute atomic E-state index is 0.0400. The van der Waals surface area contributed by atoms with Crippen molar-refractivity contribution in [1.29, 1.82) is 0 Å². The van der Waals surface area contributed by atoms with E-state index >= 15 is 0 Å². The maximum absolute atomic E-state index is 11.9. The molecule has 0 aromatic carbocycles. The molecule has 0 spiro atoms. The number of thiophene rings is 1. The minimum atomic E-state index is -1.01. The molecule has 0 radical (unpaired) electrons. The van der Waals surface area contributed by atoms with Crippen LogP contribution in [0.2, 0.25) is 0 Å². The molecule has 0 saturated carbocycles. The molecule has 17 heavy (non-hydrogen) atoms. The highest BCUT2D eigenvalue weighted by atomic mass is 32.2. The summed E-state index contributed by atoms with van der Waals surface area (Å²) in [5, 5.41) is 13.6. The number of carboxylic acids is 1. The van der Waals surface area contributed by atoms with E-state index in [2.05, 4.69) is 5.32 Å². The Labute approximate surface area is 107 Å². The van der Waals surface area contributed by atoms with Gasteiger partial charge in [-0.25, -0.2) is 4.79 Å². The lowest BCUT2D eigenvalue weighted by atomic mass is 10.1. The van der Waals surface area contributed by atoms with E-state index in [1.54, 1.807) is 23.9 Å². The number of rotatable bonds is 4. The summed E-state index contributed by atoms with van der Waals surface area (Å²) in [4.78, 5) is 23.7. The van der Waals surface area contributed by atoms with E-state index in [1.807, 2.05) is 5.38 Å². The predicted molar refractivity (Wildman–Crippen MR) is 68.3 cm³/mol. The molecule has 1 aliphatic rings. The highest BCUT2D eigenvalue weighted by Crippen LogP contribution is 2.25. The number of thioether (sulfide) groups is 1. The van der Waals surface area contributed by atoms with Crippen molar-refractivity contribution in [2.24, 2.45) is 5.92 Å². The van der Waals surface area contributed by atoms with E-state index in [0.29, 0.717) is 4.88 Å². The maximum atomic E-state index is 11.9. The van der Waals surface area contributed by atoms with Crippen LogP contribution in [0.4, 0.5) is 0 Å². The van der Waals surface area contributed by atoms with Gasteiger partial charge in [-0.15, -0.1) is 11.3 Å². The van der Waals surface area contributed by atoms with Gasteiger partial charge < -0.3 is 10.4 Å². The summed E-state index contributed by atoms with van der Waals surface area (Å²) in [5.74, 6) is 0.585. The van der Waals surface area contributed by atoms with Crippen LogP contribution in [-0.2, 0) is 9.59 Å². The van der Waals surface area contributed by atoms with E-state index < -0.39 is 12.0 Å². The molecular weight excluding hydrogens is 258 g/mol. The largest absolute Gasteiger partial charge is 0.479 e. The Bertz CT molecular complexity index is 399. The standard InChI is InChI=1S/C11H13NO3S2/c13-10(7-3-5-16-6-7)12-9(11(14)15)8-2-1-4-17-8/h1-2,4,7,9H,3,5-6H2,(H,12,13)(H,14,15). The van der Waals surface area contributed by atoms with Gasteiger partial charge in [0.1, 0.15) is 0 Å². The first-order valence-corrected chi connectivity index (χ1v) is 7.36. The third-order valence-electron chi connectivity index (χ3n) is 2.66. The second-order valence-corrected chi connectivity index (χ2v) is 5.98. The lowest BCUT2D eigenvalue weighted by molar-refractivity contribution is -0.142. The van der Waals surface area contributed by atoms with Crippen molar-refractivity contribution < 1.29 is 14.7 Å². The Hall–Kier alpha value is -1.01. The summed E-state index contributed by atoms with van der Waals surface area (Å²) in [6, 6.07) is 2.61. The molecule has 2 N–H and O–H groups in total. The normalized spacial score (nSPS) is 21.1. The Morgan fingerprint density at radius 3 is 2.88 bits per heavy atom. The summed E-state index contributed by atoms with van der Waals surface area (Å²) in [5.41, 5.74) is 0. The first-order chi connectivity index (χ1) is 8.18. The Morgan fingerprint density at radius 2 is 2.35 bits per heavy atom. The number of aliphatic carboxylic acids is 1. The van der Waals surface area contributed by atoms with E-state index in [-0.39, 0.29) is 11.8 Å². The fourth-order valence-electron chi connectivity index (χ4n) is 1.71. The van der Waals surface area contributed by atoms with Crippen molar-refractivity contribution in [2.45, 2.75) is 12.5 Å². The number of carboxylic acid groups (broad SMARTS) is 1. The van der Waals surface area contributed by atoms with Crippen LogP contribution in [0, 0.1) is 5.92 Å². The minimum Gasteiger partial charge on any atom is -0.479 e. The second kappa shape index (κ2) is 5.55. The maximum Gasteiger partial charge on any atom is 0.331 e. The van der Waals surface area contributed by atoms with Crippen molar-refractivity contribution in [1.82, 2.24) is 5.32 Å². The van der Waals surface area contributed by atoms with Gasteiger partial charge in [0.2, 0.25) is 5.91 Å². The van der Waals surface area contributed by atoms with Crippen molar-refractivity contribution in [2.75, 3.05) is 11.5 Å². The van der Waals surface area contributed by atoms with Gasteiger partial charge in [-0.2, -0.15) is 11.8 Å². The molecule has 1 aliphatic heterocycles. The van der Waals surface area contributed by atoms with Crippen molar-refractivity contribution in [3.8, 4) is 0 Å². The van der Waals surface area contributed by atoms with E-state index in [0.717, 1.165) is 17.9 Å². The molecule has 0 bridgehead atoms. The average molecular weight is 271 g/mol. The Morgan fingerprint density at radius 1 is 1.53 bits per heavy atom. The zero-order chi connectivity index (χ0) is 12.3. The van der Waals surface area contributed by atoms with Crippen LogP contribution >= 0.6 is 23.1 Å². The second-order valence-electron chi connectivity index (χ2n) is 3.86. The molecule has 1 fully saturated rings. The number of carbonyl (C=O) groups excluding carboxylic acids is 1. The highest BCUT2D eigenvalue weighted by molar-refractivity contribution is 7.99. The average Bonchev–Trinajstić information content (AvgIpc) is 2.97. The molecular formula is C11H13NO3S2. The lowest BCUT2D eigenvalue weighted by Crippen LogP contribution is -2.37. The third-order valence-corrected chi connectivity index (χ3v) is 4.76. The molecule has 1 aromatic heterocycles. The van der Waals surface area contributed by atoms with Crippen LogP contribution < -0.4 is 5.32 Å². The van der Waals surface area contributed by atoms with E-state index in [9.17, 15) is 9.59 Å². The first-order valence-electron chi connectivity index (χ1n) is 5.33. The van der Waals surface area contributed by atoms with Gasteiger partial charge in [0.15, 0.2) is 6.04 Å². The number of amides is 1. The van der Waals surface area contributed by atoms with Crippen molar-refractivity contribution >= 4 is 35.0 Å². The smallest absolute Gasteiger partial charge is 0.331 e. The zero-order valence-electron chi connectivity index (χ0n) is 9.09. The Balaban J connectivity index is 2.03. The molecule has 6 heteroatoms. The van der Waals surface area contributed by atoms with Gasteiger partial charge in [0, 0.05) is 16.5 Å². The van der Waals surface area contributed by atoms with Crippen molar-refractivity contribution in [3.05, 3.63) is 22.4 Å². The van der Waals surface area contributed by atoms with E-state index in [1.165, 1.54) is 11.3 Å². The molecule has 4 nitrogen and oxygen atoms in total. The fourth-order valence-corrected chi connectivity index (χ4v) is 3.70. The van der Waals surface area contributed by atoms with Crippen LogP contribution in [0.3, 0.4) is 0 Å². The van der Waals surface area contributed by atoms with Crippen molar-refractivity contribution in [3.63, 3.8) is 0 Å². The summed E-state index contributed by atoms with van der Waals surface area (Å²) in [6.45, 7) is 0. The van der Waals surface area contributed by atoms with Gasteiger partial charge in [-0.3, -0.25) is 4.79 Å². The van der Waals surface area contributed by atoms with Crippen LogP contribution in [0.1, 0.15) is 17.3 Å². The van der Waals surface area contributed by atoms with Crippen LogP contribution in [0.15, 0.2) is 17.5 Å². The molecule has 2 atom stereocenters. The molecule has 1 aromatic rings. The third kappa shape index (κ3) is 3.01. The molecule has 2 rings (SSSR count). The summed E-state index contributed by atoms with van der Waals surface area (Å²) < 4.78 is 0. The summed E-state index contributed by atoms with van der Waals surface area (Å²) in [7, 11) is 0. The van der Waals surface area contributed by atoms with Gasteiger partial charge in [-0.1, -0.05) is 6.07 Å². The van der Waals surface area contributed by atoms with Gasteiger partial charge in [0.25, 0.3) is 0 Å². The predicted octanol–water partition coefficient (Wildman–Crippen LogP) is 1.74. The number of nitrogens with one attached hydrogen (secondary N) is 1. The van der Waals surface area contributed by atoms with Crippen LogP contribution in [-0.4, -0.2) is 28.5 Å². The lowest BCUT2D eigenvalue weighted by Gasteiger charge is -2.15. The molecule has 1 amide bonds. The quantitative estimate of drug-likeness (QED) is 0.875. The first kappa shape index (κ1) is 12.4. The monoisotopic (exact) mass is 271 g/mol. The van der Waals surface area contributed by atoms with Gasteiger partial charge in [-0.05, 0) is 23.6 Å². The molecule has 2 unspecified atom stereocenters. The molecule has 0 aliphatic carbocycles. The molecule has 1 saturated heterocycles. The van der Waals surface area contributed by atoms with Crippen LogP contribution in [0.5, 0.6) is 0 Å². The van der Waals surface area contributed by atoms with Crippen LogP contribution in [0.25, 0.3) is 0 Å². The SMILES string of the molecule is O=C(NC(C(=O)O)c1cccs1)C1CCSC1. The zero-order valence-corrected chi connectivity index (χ0v) is 10.7. The topological polar surface area (TPSA) is 66.4 Å². The number of hydrogen-bond donors (Lipinski definition) is 2. The number of hydrogen-bond acceptors (Lipinski definition) is 4. The fraction of sp³-hybridized carbons (Fsp3) is 0.455. The molecule has 92 valence electrons. The summed E-state index contributed by atoms with van der Waals surface area (Å²) in [6.07, 6.45) is 0.841. The summed E-state index contributed by atoms with van der Waals surface area (Å²) >= 11 is 3.08. The molecule has 2 heterocycles. The Kier molecular flexibility index (Phi) is 4.06. The number of carbonyl (C=O) groups is 2. The van der Waals surface area contributed by atoms with Gasteiger partial charge in [0.05, 0.1) is 0 Å². The highest BCUT2D eigenvalue weighted by Gasteiger charge is 2.29. The van der Waals surface area contributed by atoms with Gasteiger partial charge >= 0.3 is 5.97 Å².